The Hall–Kier alpha value is -0.610. The Morgan fingerprint density at radius 1 is 1.83 bits per heavy atom. The van der Waals surface area contributed by atoms with E-state index in [0.717, 1.165) is 13.0 Å². The highest BCUT2D eigenvalue weighted by Gasteiger charge is 2.27. The highest BCUT2D eigenvalue weighted by atomic mass is 16.3. The average Bonchev–Trinajstić information content (AvgIpc) is 2.36. The van der Waals surface area contributed by atoms with Crippen LogP contribution < -0.4 is 11.1 Å². The minimum absolute atomic E-state index is 0.00889. The van der Waals surface area contributed by atoms with E-state index < -0.39 is 6.10 Å². The van der Waals surface area contributed by atoms with E-state index in [4.69, 9.17) is 10.8 Å². The molecule has 1 aliphatic heterocycles. The average molecular weight is 172 g/mol. The lowest BCUT2D eigenvalue weighted by atomic mass is 9.96. The molecular formula is C8H16N2O2. The van der Waals surface area contributed by atoms with Gasteiger partial charge in [-0.15, -0.1) is 0 Å². The summed E-state index contributed by atoms with van der Waals surface area (Å²) in [6.07, 6.45) is 0.904. The lowest BCUT2D eigenvalue weighted by Crippen LogP contribution is -2.36. The van der Waals surface area contributed by atoms with Gasteiger partial charge in [-0.3, -0.25) is 4.79 Å². The standard InChI is InChI=1S/C8H16N2O2/c1-5(11)7(9)4-6-2-3-10-8(6)12/h5-7,11H,2-4,9H2,1H3,(H,10,12). The van der Waals surface area contributed by atoms with E-state index in [2.05, 4.69) is 5.32 Å². The molecule has 1 amide bonds. The smallest absolute Gasteiger partial charge is 0.223 e. The molecule has 4 N–H and O–H groups in total. The number of hydrogen-bond acceptors (Lipinski definition) is 3. The zero-order valence-electron chi connectivity index (χ0n) is 7.29. The van der Waals surface area contributed by atoms with Gasteiger partial charge in [0.05, 0.1) is 6.10 Å². The van der Waals surface area contributed by atoms with E-state index in [0.29, 0.717) is 6.42 Å². The molecule has 0 aromatic rings. The predicted octanol–water partition coefficient (Wildman–Crippen LogP) is -0.779. The monoisotopic (exact) mass is 172 g/mol. The van der Waals surface area contributed by atoms with Gasteiger partial charge in [-0.25, -0.2) is 0 Å². The van der Waals surface area contributed by atoms with Crippen LogP contribution in [-0.4, -0.2) is 29.7 Å². The molecule has 0 spiro atoms. The predicted molar refractivity (Wildman–Crippen MR) is 45.4 cm³/mol. The molecule has 1 saturated heterocycles. The van der Waals surface area contributed by atoms with Crippen molar-refractivity contribution >= 4 is 5.91 Å². The van der Waals surface area contributed by atoms with Gasteiger partial charge in [0.15, 0.2) is 0 Å². The van der Waals surface area contributed by atoms with Crippen molar-refractivity contribution in [3.05, 3.63) is 0 Å². The third-order valence-electron chi connectivity index (χ3n) is 2.34. The number of amides is 1. The van der Waals surface area contributed by atoms with Gasteiger partial charge in [0.25, 0.3) is 0 Å². The van der Waals surface area contributed by atoms with Gasteiger partial charge in [-0.1, -0.05) is 0 Å². The van der Waals surface area contributed by atoms with Gasteiger partial charge in [-0.05, 0) is 19.8 Å². The maximum atomic E-state index is 11.1. The van der Waals surface area contributed by atoms with Crippen LogP contribution in [0.25, 0.3) is 0 Å². The number of carbonyl (C=O) groups excluding carboxylic acids is 1. The quantitative estimate of drug-likeness (QED) is 0.523. The van der Waals surface area contributed by atoms with Crippen molar-refractivity contribution in [1.82, 2.24) is 5.32 Å². The van der Waals surface area contributed by atoms with Crippen molar-refractivity contribution in [1.29, 1.82) is 0 Å². The fourth-order valence-electron chi connectivity index (χ4n) is 1.40. The summed E-state index contributed by atoms with van der Waals surface area (Å²) < 4.78 is 0. The van der Waals surface area contributed by atoms with Crippen molar-refractivity contribution in [2.75, 3.05) is 6.54 Å². The molecule has 3 unspecified atom stereocenters. The fraction of sp³-hybridized carbons (Fsp3) is 0.875. The molecule has 1 fully saturated rings. The van der Waals surface area contributed by atoms with E-state index in [1.165, 1.54) is 0 Å². The number of aliphatic hydroxyl groups is 1. The van der Waals surface area contributed by atoms with E-state index in [-0.39, 0.29) is 17.9 Å². The molecule has 1 heterocycles. The molecule has 1 aliphatic rings. The molecule has 4 heteroatoms. The first-order valence-corrected chi connectivity index (χ1v) is 4.32. The third-order valence-corrected chi connectivity index (χ3v) is 2.34. The summed E-state index contributed by atoms with van der Waals surface area (Å²) in [5, 5.41) is 11.8. The second kappa shape index (κ2) is 3.87. The Morgan fingerprint density at radius 3 is 2.92 bits per heavy atom. The van der Waals surface area contributed by atoms with Crippen molar-refractivity contribution in [2.45, 2.75) is 31.9 Å². The topological polar surface area (TPSA) is 75.3 Å². The molecule has 0 aromatic heterocycles. The Kier molecular flexibility index (Phi) is 3.05. The van der Waals surface area contributed by atoms with Gasteiger partial charge >= 0.3 is 0 Å². The van der Waals surface area contributed by atoms with Gasteiger partial charge in [-0.2, -0.15) is 0 Å². The van der Waals surface area contributed by atoms with E-state index >= 15 is 0 Å². The summed E-state index contributed by atoms with van der Waals surface area (Å²) in [4.78, 5) is 11.1. The minimum Gasteiger partial charge on any atom is -0.392 e. The van der Waals surface area contributed by atoms with Gasteiger partial charge < -0.3 is 16.2 Å². The van der Waals surface area contributed by atoms with Crippen LogP contribution in [0.5, 0.6) is 0 Å². The number of carbonyl (C=O) groups is 1. The Morgan fingerprint density at radius 2 is 2.50 bits per heavy atom. The number of nitrogens with one attached hydrogen (secondary N) is 1. The molecule has 1 rings (SSSR count). The van der Waals surface area contributed by atoms with Crippen molar-refractivity contribution in [3.8, 4) is 0 Å². The van der Waals surface area contributed by atoms with E-state index in [9.17, 15) is 4.79 Å². The molecule has 70 valence electrons. The van der Waals surface area contributed by atoms with E-state index in [1.54, 1.807) is 6.92 Å². The molecule has 3 atom stereocenters. The largest absolute Gasteiger partial charge is 0.392 e. The molecular weight excluding hydrogens is 156 g/mol. The Balaban J connectivity index is 2.35. The van der Waals surface area contributed by atoms with Crippen LogP contribution in [0.4, 0.5) is 0 Å². The lowest BCUT2D eigenvalue weighted by molar-refractivity contribution is -0.122. The molecule has 0 radical (unpaired) electrons. The van der Waals surface area contributed by atoms with Gasteiger partial charge in [0.1, 0.15) is 0 Å². The summed E-state index contributed by atoms with van der Waals surface area (Å²) >= 11 is 0. The molecule has 0 aromatic carbocycles. The van der Waals surface area contributed by atoms with E-state index in [1.807, 2.05) is 0 Å². The maximum absolute atomic E-state index is 11.1. The molecule has 0 aliphatic carbocycles. The van der Waals surface area contributed by atoms with Crippen LogP contribution in [0.15, 0.2) is 0 Å². The lowest BCUT2D eigenvalue weighted by Gasteiger charge is -2.16. The summed E-state index contributed by atoms with van der Waals surface area (Å²) in [5.41, 5.74) is 5.63. The van der Waals surface area contributed by atoms with Crippen molar-refractivity contribution < 1.29 is 9.90 Å². The number of nitrogens with two attached hydrogens (primary N) is 1. The zero-order valence-corrected chi connectivity index (χ0v) is 7.29. The van der Waals surface area contributed by atoms with Crippen LogP contribution in [0, 0.1) is 5.92 Å². The number of rotatable bonds is 3. The second-order valence-corrected chi connectivity index (χ2v) is 3.42. The molecule has 0 bridgehead atoms. The first-order valence-electron chi connectivity index (χ1n) is 4.32. The number of aliphatic hydroxyl groups excluding tert-OH is 1. The summed E-state index contributed by atoms with van der Waals surface area (Å²) in [7, 11) is 0. The Bertz CT molecular complexity index is 170. The first-order chi connectivity index (χ1) is 5.61. The van der Waals surface area contributed by atoms with Crippen molar-refractivity contribution in [2.24, 2.45) is 11.7 Å². The zero-order chi connectivity index (χ0) is 9.14. The second-order valence-electron chi connectivity index (χ2n) is 3.42. The highest BCUT2D eigenvalue weighted by Crippen LogP contribution is 2.16. The fourth-order valence-corrected chi connectivity index (χ4v) is 1.40. The van der Waals surface area contributed by atoms with Crippen LogP contribution in [0.3, 0.4) is 0 Å². The molecule has 12 heavy (non-hydrogen) atoms. The molecule has 0 saturated carbocycles. The maximum Gasteiger partial charge on any atom is 0.223 e. The summed E-state index contributed by atoms with van der Waals surface area (Å²) in [5.74, 6) is 0.0840. The summed E-state index contributed by atoms with van der Waals surface area (Å²) in [6, 6.07) is -0.279. The van der Waals surface area contributed by atoms with Crippen LogP contribution in [0.1, 0.15) is 19.8 Å². The van der Waals surface area contributed by atoms with Crippen LogP contribution in [-0.2, 0) is 4.79 Å². The van der Waals surface area contributed by atoms with Gasteiger partial charge in [0, 0.05) is 18.5 Å². The SMILES string of the molecule is CC(O)C(N)CC1CCNC1=O. The highest BCUT2D eigenvalue weighted by molar-refractivity contribution is 5.80. The minimum atomic E-state index is -0.529. The molecule has 4 nitrogen and oxygen atoms in total. The van der Waals surface area contributed by atoms with Crippen LogP contribution >= 0.6 is 0 Å². The first kappa shape index (κ1) is 9.48. The van der Waals surface area contributed by atoms with Crippen molar-refractivity contribution in [3.63, 3.8) is 0 Å². The normalized spacial score (nSPS) is 28.2. The third kappa shape index (κ3) is 2.19. The number of hydrogen-bond donors (Lipinski definition) is 3. The van der Waals surface area contributed by atoms with Crippen LogP contribution in [0.2, 0.25) is 0 Å². The summed E-state index contributed by atoms with van der Waals surface area (Å²) in [6.45, 7) is 2.40. The Labute approximate surface area is 72.1 Å². The van der Waals surface area contributed by atoms with Gasteiger partial charge in [0.2, 0.25) is 5.91 Å².